The van der Waals surface area contributed by atoms with E-state index in [9.17, 15) is 4.79 Å². The molecule has 6 nitrogen and oxygen atoms in total. The number of para-hydroxylation sites is 1. The van der Waals surface area contributed by atoms with Crippen LogP contribution in [0.2, 0.25) is 0 Å². The summed E-state index contributed by atoms with van der Waals surface area (Å²) in [5, 5.41) is 6.03. The molecule has 0 aliphatic carbocycles. The minimum Gasteiger partial charge on any atom is -0.351 e. The number of anilines is 2. The van der Waals surface area contributed by atoms with Crippen molar-refractivity contribution in [2.45, 2.75) is 13.3 Å². The van der Waals surface area contributed by atoms with E-state index in [2.05, 4.69) is 41.4 Å². The summed E-state index contributed by atoms with van der Waals surface area (Å²) in [5.41, 5.74) is 1.94. The fraction of sp³-hybridized carbons (Fsp3) is 0.353. The Kier molecular flexibility index (Phi) is 6.69. The maximum absolute atomic E-state index is 12.3. The lowest BCUT2D eigenvalue weighted by atomic mass is 10.3. The Morgan fingerprint density at radius 1 is 1.25 bits per heavy atom. The first-order valence-electron chi connectivity index (χ1n) is 7.76. The molecule has 1 amide bonds. The third kappa shape index (κ3) is 5.58. The van der Waals surface area contributed by atoms with Crippen molar-refractivity contribution in [1.29, 1.82) is 0 Å². The van der Waals surface area contributed by atoms with Crippen LogP contribution in [0.15, 0.2) is 34.8 Å². The molecule has 0 saturated heterocycles. The van der Waals surface area contributed by atoms with Gasteiger partial charge >= 0.3 is 0 Å². The van der Waals surface area contributed by atoms with Crippen molar-refractivity contribution in [2.75, 3.05) is 32.5 Å². The number of rotatable bonds is 7. The van der Waals surface area contributed by atoms with Crippen molar-refractivity contribution >= 4 is 33.5 Å². The molecular weight excluding hydrogens is 370 g/mol. The van der Waals surface area contributed by atoms with Crippen LogP contribution in [-0.4, -0.2) is 48.0 Å². The van der Waals surface area contributed by atoms with Gasteiger partial charge in [0.1, 0.15) is 5.69 Å². The molecule has 0 aliphatic heterocycles. The summed E-state index contributed by atoms with van der Waals surface area (Å²) in [6, 6.07) is 9.37. The molecule has 2 N–H and O–H groups in total. The van der Waals surface area contributed by atoms with Crippen LogP contribution in [0.5, 0.6) is 0 Å². The van der Waals surface area contributed by atoms with Gasteiger partial charge in [0.2, 0.25) is 5.95 Å². The molecule has 2 aromatic rings. The summed E-state index contributed by atoms with van der Waals surface area (Å²) in [6.45, 7) is 3.39. The van der Waals surface area contributed by atoms with Gasteiger partial charge in [-0.25, -0.2) is 9.97 Å². The van der Waals surface area contributed by atoms with E-state index >= 15 is 0 Å². The Labute approximate surface area is 150 Å². The molecule has 0 aliphatic rings. The largest absolute Gasteiger partial charge is 0.351 e. The second kappa shape index (κ2) is 8.75. The van der Waals surface area contributed by atoms with Crippen LogP contribution < -0.4 is 10.6 Å². The Balaban J connectivity index is 2.05. The van der Waals surface area contributed by atoms with Gasteiger partial charge in [-0.15, -0.1) is 0 Å². The van der Waals surface area contributed by atoms with Gasteiger partial charge in [0, 0.05) is 16.7 Å². The highest BCUT2D eigenvalue weighted by Crippen LogP contribution is 2.23. The number of hydrogen-bond donors (Lipinski definition) is 2. The van der Waals surface area contributed by atoms with E-state index < -0.39 is 0 Å². The molecule has 1 aromatic heterocycles. The molecule has 0 unspecified atom stereocenters. The first-order chi connectivity index (χ1) is 11.5. The zero-order valence-corrected chi connectivity index (χ0v) is 15.7. The van der Waals surface area contributed by atoms with E-state index in [1.54, 1.807) is 6.07 Å². The van der Waals surface area contributed by atoms with Crippen molar-refractivity contribution in [3.8, 4) is 0 Å². The lowest BCUT2D eigenvalue weighted by Crippen LogP contribution is -2.28. The lowest BCUT2D eigenvalue weighted by molar-refractivity contribution is 0.0947. The van der Waals surface area contributed by atoms with E-state index in [1.807, 2.05) is 45.3 Å². The molecule has 0 radical (unpaired) electrons. The van der Waals surface area contributed by atoms with Crippen LogP contribution >= 0.6 is 15.9 Å². The van der Waals surface area contributed by atoms with Crippen molar-refractivity contribution in [2.24, 2.45) is 0 Å². The van der Waals surface area contributed by atoms with Crippen LogP contribution in [0.1, 0.15) is 22.6 Å². The Hall–Kier alpha value is -1.99. The number of aryl methyl sites for hydroxylation is 1. The standard InChI is InChI=1S/C17H22BrN5O/c1-12-11-15(16(24)19-9-6-10-23(2)3)22-17(20-12)21-14-8-5-4-7-13(14)18/h4-5,7-8,11H,6,9-10H2,1-3H3,(H,19,24)(H,20,21,22). The highest BCUT2D eigenvalue weighted by atomic mass is 79.9. The molecule has 0 spiro atoms. The van der Waals surface area contributed by atoms with Crippen molar-refractivity contribution < 1.29 is 4.79 Å². The number of carbonyl (C=O) groups is 1. The summed E-state index contributed by atoms with van der Waals surface area (Å²) >= 11 is 3.47. The van der Waals surface area contributed by atoms with Gasteiger partial charge in [-0.2, -0.15) is 0 Å². The minimum absolute atomic E-state index is 0.186. The number of amides is 1. The number of nitrogens with one attached hydrogen (secondary N) is 2. The fourth-order valence-corrected chi connectivity index (χ4v) is 2.50. The van der Waals surface area contributed by atoms with E-state index in [4.69, 9.17) is 0 Å². The third-order valence-electron chi connectivity index (χ3n) is 3.27. The maximum Gasteiger partial charge on any atom is 0.270 e. The van der Waals surface area contributed by atoms with Gasteiger partial charge in [0.25, 0.3) is 5.91 Å². The zero-order chi connectivity index (χ0) is 17.5. The maximum atomic E-state index is 12.3. The monoisotopic (exact) mass is 391 g/mol. The van der Waals surface area contributed by atoms with E-state index in [0.29, 0.717) is 18.2 Å². The molecule has 0 atom stereocenters. The Morgan fingerprint density at radius 2 is 2.00 bits per heavy atom. The zero-order valence-electron chi connectivity index (χ0n) is 14.1. The normalized spacial score (nSPS) is 10.7. The van der Waals surface area contributed by atoms with Crippen LogP contribution in [-0.2, 0) is 0 Å². The number of aromatic nitrogens is 2. The van der Waals surface area contributed by atoms with Crippen molar-refractivity contribution in [1.82, 2.24) is 20.2 Å². The second-order valence-electron chi connectivity index (χ2n) is 5.74. The predicted octanol–water partition coefficient (Wildman–Crippen LogP) is 2.97. The molecular formula is C17H22BrN5O. The summed E-state index contributed by atoms with van der Waals surface area (Å²) in [5.74, 6) is 0.217. The minimum atomic E-state index is -0.186. The molecule has 0 saturated carbocycles. The van der Waals surface area contributed by atoms with Gasteiger partial charge in [-0.3, -0.25) is 4.79 Å². The fourth-order valence-electron chi connectivity index (χ4n) is 2.11. The molecule has 0 fully saturated rings. The number of benzene rings is 1. The van der Waals surface area contributed by atoms with E-state index in [-0.39, 0.29) is 5.91 Å². The topological polar surface area (TPSA) is 70.2 Å². The lowest BCUT2D eigenvalue weighted by Gasteiger charge is -2.11. The summed E-state index contributed by atoms with van der Waals surface area (Å²) in [4.78, 5) is 23.0. The van der Waals surface area contributed by atoms with Crippen molar-refractivity contribution in [3.05, 3.63) is 46.2 Å². The number of carbonyl (C=O) groups excluding carboxylic acids is 1. The molecule has 2 rings (SSSR count). The summed E-state index contributed by atoms with van der Waals surface area (Å²) < 4.78 is 0.907. The Bertz CT molecular complexity index is 705. The molecule has 0 bridgehead atoms. The Morgan fingerprint density at radius 3 is 2.71 bits per heavy atom. The first-order valence-corrected chi connectivity index (χ1v) is 8.55. The van der Waals surface area contributed by atoms with Crippen LogP contribution in [0.25, 0.3) is 0 Å². The smallest absolute Gasteiger partial charge is 0.270 e. The van der Waals surface area contributed by atoms with Gasteiger partial charge in [-0.05, 0) is 68.1 Å². The second-order valence-corrected chi connectivity index (χ2v) is 6.59. The van der Waals surface area contributed by atoms with Crippen LogP contribution in [0, 0.1) is 6.92 Å². The summed E-state index contributed by atoms with van der Waals surface area (Å²) in [6.07, 6.45) is 0.894. The number of hydrogen-bond acceptors (Lipinski definition) is 5. The van der Waals surface area contributed by atoms with Gasteiger partial charge in [0.05, 0.1) is 5.69 Å². The average molecular weight is 392 g/mol. The molecule has 1 aromatic carbocycles. The third-order valence-corrected chi connectivity index (χ3v) is 3.97. The van der Waals surface area contributed by atoms with Crippen molar-refractivity contribution in [3.63, 3.8) is 0 Å². The molecule has 128 valence electrons. The van der Waals surface area contributed by atoms with Crippen LogP contribution in [0.3, 0.4) is 0 Å². The molecule has 1 heterocycles. The average Bonchev–Trinajstić information content (AvgIpc) is 2.53. The summed E-state index contributed by atoms with van der Waals surface area (Å²) in [7, 11) is 4.02. The van der Waals surface area contributed by atoms with E-state index in [0.717, 1.165) is 28.8 Å². The number of halogens is 1. The highest BCUT2D eigenvalue weighted by molar-refractivity contribution is 9.10. The van der Waals surface area contributed by atoms with Gasteiger partial charge in [0.15, 0.2) is 0 Å². The molecule has 7 heteroatoms. The number of nitrogens with zero attached hydrogens (tertiary/aromatic N) is 3. The SMILES string of the molecule is Cc1cc(C(=O)NCCCN(C)C)nc(Nc2ccccc2Br)n1. The van der Waals surface area contributed by atoms with Crippen LogP contribution in [0.4, 0.5) is 11.6 Å². The van der Waals surface area contributed by atoms with Gasteiger partial charge < -0.3 is 15.5 Å². The van der Waals surface area contributed by atoms with E-state index in [1.165, 1.54) is 0 Å². The van der Waals surface area contributed by atoms with Gasteiger partial charge in [-0.1, -0.05) is 12.1 Å². The quantitative estimate of drug-likeness (QED) is 0.709. The highest BCUT2D eigenvalue weighted by Gasteiger charge is 2.11. The first kappa shape index (κ1) is 18.4. The predicted molar refractivity (Wildman–Crippen MR) is 99.7 cm³/mol. The molecule has 24 heavy (non-hydrogen) atoms.